The van der Waals surface area contributed by atoms with Crippen LogP contribution in [0.3, 0.4) is 0 Å². The minimum atomic E-state index is 0.158. The molecule has 2 aromatic rings. The molecular weight excluding hydrogens is 292 g/mol. The van der Waals surface area contributed by atoms with Crippen molar-refractivity contribution in [2.45, 2.75) is 27.2 Å². The second-order valence-corrected chi connectivity index (χ2v) is 5.41. The first kappa shape index (κ1) is 13.0. The van der Waals surface area contributed by atoms with Crippen LogP contribution in [0.4, 0.5) is 0 Å². The molecule has 0 radical (unpaired) electrons. The third kappa shape index (κ3) is 2.70. The largest absolute Gasteiger partial charge is 0.300 e. The number of carbonyl (C=O) groups is 1. The molecule has 4 heteroatoms. The molecule has 2 rings (SSSR count). The highest BCUT2D eigenvalue weighted by molar-refractivity contribution is 9.10. The van der Waals surface area contributed by atoms with Crippen LogP contribution < -0.4 is 0 Å². The van der Waals surface area contributed by atoms with Crippen molar-refractivity contribution in [3.8, 4) is 5.69 Å². The highest BCUT2D eigenvalue weighted by atomic mass is 79.9. The van der Waals surface area contributed by atoms with Crippen LogP contribution in [0.25, 0.3) is 5.69 Å². The number of aryl methyl sites for hydroxylation is 2. The molecule has 0 saturated heterocycles. The van der Waals surface area contributed by atoms with Crippen molar-refractivity contribution in [2.75, 3.05) is 0 Å². The van der Waals surface area contributed by atoms with Gasteiger partial charge in [0.2, 0.25) is 0 Å². The van der Waals surface area contributed by atoms with Gasteiger partial charge in [-0.2, -0.15) is 5.10 Å². The van der Waals surface area contributed by atoms with Crippen molar-refractivity contribution in [1.29, 1.82) is 0 Å². The number of nitrogens with zero attached hydrogens (tertiary/aromatic N) is 2. The Hall–Kier alpha value is -1.42. The topological polar surface area (TPSA) is 34.9 Å². The van der Waals surface area contributed by atoms with Crippen LogP contribution in [-0.4, -0.2) is 15.6 Å². The molecule has 0 aliphatic rings. The lowest BCUT2D eigenvalue weighted by Crippen LogP contribution is -1.98. The number of hydrogen-bond acceptors (Lipinski definition) is 2. The van der Waals surface area contributed by atoms with E-state index < -0.39 is 0 Å². The van der Waals surface area contributed by atoms with Gasteiger partial charge in [-0.25, -0.2) is 4.68 Å². The van der Waals surface area contributed by atoms with Crippen LogP contribution >= 0.6 is 15.9 Å². The Balaban J connectivity index is 2.42. The molecule has 0 unspecified atom stereocenters. The third-order valence-electron chi connectivity index (χ3n) is 2.85. The Morgan fingerprint density at radius 2 is 2.11 bits per heavy atom. The maximum Gasteiger partial charge on any atom is 0.134 e. The average molecular weight is 307 g/mol. The molecule has 0 amide bonds. The van der Waals surface area contributed by atoms with Crippen molar-refractivity contribution in [3.63, 3.8) is 0 Å². The van der Waals surface area contributed by atoms with Crippen molar-refractivity contribution >= 4 is 21.7 Å². The minimum absolute atomic E-state index is 0.158. The second kappa shape index (κ2) is 5.06. The number of rotatable bonds is 3. The lowest BCUT2D eigenvalue weighted by Gasteiger charge is -2.05. The summed E-state index contributed by atoms with van der Waals surface area (Å²) in [5.74, 6) is 0.158. The summed E-state index contributed by atoms with van der Waals surface area (Å²) in [6.07, 6.45) is 2.38. The summed E-state index contributed by atoms with van der Waals surface area (Å²) in [6.45, 7) is 5.58. The molecule has 0 aliphatic carbocycles. The molecule has 94 valence electrons. The molecule has 18 heavy (non-hydrogen) atoms. The first-order valence-electron chi connectivity index (χ1n) is 5.78. The zero-order chi connectivity index (χ0) is 13.3. The van der Waals surface area contributed by atoms with E-state index in [1.165, 1.54) is 0 Å². The SMILES string of the molecule is CC(=O)Cc1cn(-c2ccc(Br)cc2C)nc1C. The zero-order valence-corrected chi connectivity index (χ0v) is 12.3. The van der Waals surface area contributed by atoms with Crippen LogP contribution in [0.1, 0.15) is 23.7 Å². The molecule has 1 heterocycles. The lowest BCUT2D eigenvalue weighted by molar-refractivity contribution is -0.116. The molecular formula is C14H15BrN2O. The Morgan fingerprint density at radius 1 is 1.39 bits per heavy atom. The van der Waals surface area contributed by atoms with Gasteiger partial charge in [0.05, 0.1) is 11.4 Å². The number of hydrogen-bond donors (Lipinski definition) is 0. The van der Waals surface area contributed by atoms with Gasteiger partial charge in [0, 0.05) is 22.7 Å². The average Bonchev–Trinajstić information content (AvgIpc) is 2.59. The molecule has 0 N–H and O–H groups in total. The van der Waals surface area contributed by atoms with E-state index in [-0.39, 0.29) is 5.78 Å². The van der Waals surface area contributed by atoms with E-state index in [1.807, 2.05) is 36.9 Å². The summed E-state index contributed by atoms with van der Waals surface area (Å²) in [7, 11) is 0. The summed E-state index contributed by atoms with van der Waals surface area (Å²) in [5.41, 5.74) is 4.08. The van der Waals surface area contributed by atoms with E-state index in [4.69, 9.17) is 0 Å². The fourth-order valence-electron chi connectivity index (χ4n) is 1.94. The normalized spacial score (nSPS) is 10.7. The van der Waals surface area contributed by atoms with E-state index in [2.05, 4.69) is 27.1 Å². The van der Waals surface area contributed by atoms with Crippen molar-refractivity contribution in [2.24, 2.45) is 0 Å². The number of halogens is 1. The monoisotopic (exact) mass is 306 g/mol. The van der Waals surface area contributed by atoms with Crippen LogP contribution in [0, 0.1) is 13.8 Å². The Morgan fingerprint density at radius 3 is 2.72 bits per heavy atom. The van der Waals surface area contributed by atoms with Gasteiger partial charge in [0.1, 0.15) is 5.78 Å². The number of ketones is 1. The van der Waals surface area contributed by atoms with E-state index in [0.29, 0.717) is 6.42 Å². The maximum atomic E-state index is 11.2. The summed E-state index contributed by atoms with van der Waals surface area (Å²) >= 11 is 3.45. The van der Waals surface area contributed by atoms with Crippen LogP contribution in [0.15, 0.2) is 28.9 Å². The molecule has 1 aromatic heterocycles. The molecule has 0 fully saturated rings. The highest BCUT2D eigenvalue weighted by Gasteiger charge is 2.09. The van der Waals surface area contributed by atoms with Gasteiger partial charge >= 0.3 is 0 Å². The summed E-state index contributed by atoms with van der Waals surface area (Å²) < 4.78 is 2.90. The Labute approximate surface area is 115 Å². The highest BCUT2D eigenvalue weighted by Crippen LogP contribution is 2.20. The van der Waals surface area contributed by atoms with Gasteiger partial charge in [-0.1, -0.05) is 15.9 Å². The zero-order valence-electron chi connectivity index (χ0n) is 10.7. The summed E-state index contributed by atoms with van der Waals surface area (Å²) in [5, 5.41) is 4.47. The molecule has 0 atom stereocenters. The quantitative estimate of drug-likeness (QED) is 0.871. The van der Waals surface area contributed by atoms with Crippen molar-refractivity contribution in [3.05, 3.63) is 45.7 Å². The number of Topliss-reactive ketones (excluding diaryl/α,β-unsaturated/α-hetero) is 1. The van der Waals surface area contributed by atoms with E-state index in [9.17, 15) is 4.79 Å². The summed E-state index contributed by atoms with van der Waals surface area (Å²) in [4.78, 5) is 11.2. The van der Waals surface area contributed by atoms with Crippen molar-refractivity contribution in [1.82, 2.24) is 9.78 Å². The molecule has 0 aliphatic heterocycles. The van der Waals surface area contributed by atoms with Crippen LogP contribution in [0.2, 0.25) is 0 Å². The van der Waals surface area contributed by atoms with E-state index in [0.717, 1.165) is 27.0 Å². The Kier molecular flexibility index (Phi) is 3.66. The van der Waals surface area contributed by atoms with Crippen LogP contribution in [0.5, 0.6) is 0 Å². The number of benzene rings is 1. The van der Waals surface area contributed by atoms with Gasteiger partial charge in [-0.05, 0) is 44.5 Å². The molecule has 0 saturated carbocycles. The second-order valence-electron chi connectivity index (χ2n) is 4.49. The van der Waals surface area contributed by atoms with Crippen molar-refractivity contribution < 1.29 is 4.79 Å². The maximum absolute atomic E-state index is 11.2. The minimum Gasteiger partial charge on any atom is -0.300 e. The van der Waals surface area contributed by atoms with E-state index in [1.54, 1.807) is 6.92 Å². The number of aromatic nitrogens is 2. The molecule has 0 bridgehead atoms. The Bertz CT molecular complexity index is 602. The number of carbonyl (C=O) groups excluding carboxylic acids is 1. The van der Waals surface area contributed by atoms with Gasteiger partial charge in [-0.15, -0.1) is 0 Å². The lowest BCUT2D eigenvalue weighted by atomic mass is 10.1. The van der Waals surface area contributed by atoms with Gasteiger partial charge < -0.3 is 0 Å². The summed E-state index contributed by atoms with van der Waals surface area (Å²) in [6, 6.07) is 6.06. The molecule has 3 nitrogen and oxygen atoms in total. The first-order valence-corrected chi connectivity index (χ1v) is 6.58. The fourth-order valence-corrected chi connectivity index (χ4v) is 2.41. The predicted octanol–water partition coefficient (Wildman–Crippen LogP) is 3.38. The first-order chi connectivity index (χ1) is 8.47. The van der Waals surface area contributed by atoms with Gasteiger partial charge in [0.15, 0.2) is 0 Å². The smallest absolute Gasteiger partial charge is 0.134 e. The fraction of sp³-hybridized carbons (Fsp3) is 0.286. The van der Waals surface area contributed by atoms with Crippen LogP contribution in [-0.2, 0) is 11.2 Å². The standard InChI is InChI=1S/C14H15BrN2O/c1-9-6-13(15)4-5-14(9)17-8-12(7-10(2)18)11(3)16-17/h4-6,8H,7H2,1-3H3. The van der Waals surface area contributed by atoms with Gasteiger partial charge in [0.25, 0.3) is 0 Å². The molecule has 0 spiro atoms. The van der Waals surface area contributed by atoms with Gasteiger partial charge in [-0.3, -0.25) is 4.79 Å². The molecule has 1 aromatic carbocycles. The predicted molar refractivity (Wildman–Crippen MR) is 75.1 cm³/mol. The van der Waals surface area contributed by atoms with E-state index >= 15 is 0 Å². The third-order valence-corrected chi connectivity index (χ3v) is 3.34.